The lowest BCUT2D eigenvalue weighted by atomic mass is 10.3. The molecular formula is C16H21N7O2. The van der Waals surface area contributed by atoms with Gasteiger partial charge in [-0.2, -0.15) is 0 Å². The Balaban J connectivity index is 1.30. The lowest BCUT2D eigenvalue weighted by molar-refractivity contribution is 0.122. The third-order valence-corrected chi connectivity index (χ3v) is 4.43. The zero-order valence-electron chi connectivity index (χ0n) is 13.9. The van der Waals surface area contributed by atoms with Gasteiger partial charge in [-0.15, -0.1) is 10.2 Å². The predicted molar refractivity (Wildman–Crippen MR) is 91.5 cm³/mol. The third-order valence-electron chi connectivity index (χ3n) is 4.43. The first kappa shape index (κ1) is 15.8. The summed E-state index contributed by atoms with van der Waals surface area (Å²) >= 11 is 0. The molecule has 2 aromatic rings. The first-order chi connectivity index (χ1) is 12.3. The normalized spacial score (nSPS) is 16.6. The Hall–Kier alpha value is -2.68. The van der Waals surface area contributed by atoms with Crippen LogP contribution in [0.3, 0.4) is 0 Å². The fourth-order valence-electron chi connectivity index (χ4n) is 3.12. The van der Waals surface area contributed by atoms with Crippen molar-refractivity contribution in [3.05, 3.63) is 30.0 Å². The molecule has 0 spiro atoms. The zero-order valence-corrected chi connectivity index (χ0v) is 13.9. The fraction of sp³-hybridized carbons (Fsp3) is 0.500. The lowest BCUT2D eigenvalue weighted by Crippen LogP contribution is -2.36. The number of ether oxygens (including phenoxy) is 1. The van der Waals surface area contributed by atoms with Crippen LogP contribution in [0, 0.1) is 0 Å². The standard InChI is InChI=1S/C16H21N7O2/c24-16(18-11-15-21-20-14-2-1-5-23(14)15)19-12-3-4-13(17-10-12)22-6-8-25-9-7-22/h3-4,10H,1-2,5-9,11H2,(H2,18,19,24). The van der Waals surface area contributed by atoms with Crippen molar-refractivity contribution in [2.75, 3.05) is 36.5 Å². The summed E-state index contributed by atoms with van der Waals surface area (Å²) in [6.45, 7) is 4.39. The number of nitrogens with zero attached hydrogens (tertiary/aromatic N) is 5. The summed E-state index contributed by atoms with van der Waals surface area (Å²) in [7, 11) is 0. The van der Waals surface area contributed by atoms with E-state index in [2.05, 4.69) is 35.3 Å². The molecule has 4 rings (SSSR count). The van der Waals surface area contributed by atoms with E-state index in [0.29, 0.717) is 12.2 Å². The van der Waals surface area contributed by atoms with Crippen LogP contribution in [0.25, 0.3) is 0 Å². The van der Waals surface area contributed by atoms with Gasteiger partial charge in [0.2, 0.25) is 0 Å². The number of nitrogens with one attached hydrogen (secondary N) is 2. The van der Waals surface area contributed by atoms with Gasteiger partial charge in [0.25, 0.3) is 0 Å². The Morgan fingerprint density at radius 1 is 1.20 bits per heavy atom. The molecular weight excluding hydrogens is 322 g/mol. The van der Waals surface area contributed by atoms with E-state index in [9.17, 15) is 4.79 Å². The molecule has 9 nitrogen and oxygen atoms in total. The maximum absolute atomic E-state index is 12.1. The molecule has 25 heavy (non-hydrogen) atoms. The predicted octanol–water partition coefficient (Wildman–Crippen LogP) is 0.778. The molecule has 2 aromatic heterocycles. The number of aromatic nitrogens is 4. The van der Waals surface area contributed by atoms with E-state index in [1.165, 1.54) is 0 Å². The number of aryl methyl sites for hydroxylation is 1. The Morgan fingerprint density at radius 2 is 2.08 bits per heavy atom. The van der Waals surface area contributed by atoms with Gasteiger partial charge in [-0.3, -0.25) is 0 Å². The van der Waals surface area contributed by atoms with Crippen molar-refractivity contribution in [1.29, 1.82) is 0 Å². The average Bonchev–Trinajstić information content (AvgIpc) is 3.25. The number of hydrogen-bond acceptors (Lipinski definition) is 6. The van der Waals surface area contributed by atoms with E-state index < -0.39 is 0 Å². The molecule has 0 aliphatic carbocycles. The van der Waals surface area contributed by atoms with Crippen LogP contribution in [0.15, 0.2) is 18.3 Å². The van der Waals surface area contributed by atoms with E-state index in [-0.39, 0.29) is 6.03 Å². The van der Waals surface area contributed by atoms with Crippen LogP contribution in [0.1, 0.15) is 18.1 Å². The largest absolute Gasteiger partial charge is 0.378 e. The number of carbonyl (C=O) groups is 1. The number of amides is 2. The number of urea groups is 1. The summed E-state index contributed by atoms with van der Waals surface area (Å²) in [6.07, 6.45) is 3.71. The molecule has 132 valence electrons. The van der Waals surface area contributed by atoms with Crippen molar-refractivity contribution in [1.82, 2.24) is 25.1 Å². The number of rotatable bonds is 4. The molecule has 4 heterocycles. The van der Waals surface area contributed by atoms with Crippen LogP contribution >= 0.6 is 0 Å². The van der Waals surface area contributed by atoms with Gasteiger partial charge in [0.15, 0.2) is 5.82 Å². The topological polar surface area (TPSA) is 97.2 Å². The van der Waals surface area contributed by atoms with Crippen LogP contribution in [0.4, 0.5) is 16.3 Å². The minimum absolute atomic E-state index is 0.281. The SMILES string of the molecule is O=C(NCc1nnc2n1CCC2)Nc1ccc(N2CCOCC2)nc1. The van der Waals surface area contributed by atoms with Crippen molar-refractivity contribution >= 4 is 17.5 Å². The van der Waals surface area contributed by atoms with Crippen LogP contribution in [-0.2, 0) is 24.2 Å². The number of pyridine rings is 1. The summed E-state index contributed by atoms with van der Waals surface area (Å²) in [5, 5.41) is 13.9. The second-order valence-electron chi connectivity index (χ2n) is 6.10. The Labute approximate surface area is 145 Å². The smallest absolute Gasteiger partial charge is 0.319 e. The van der Waals surface area contributed by atoms with E-state index in [1.54, 1.807) is 6.20 Å². The lowest BCUT2D eigenvalue weighted by Gasteiger charge is -2.27. The average molecular weight is 343 g/mol. The van der Waals surface area contributed by atoms with Crippen LogP contribution in [0.2, 0.25) is 0 Å². The van der Waals surface area contributed by atoms with Gasteiger partial charge in [0, 0.05) is 26.1 Å². The molecule has 1 saturated heterocycles. The van der Waals surface area contributed by atoms with Crippen molar-refractivity contribution < 1.29 is 9.53 Å². The van der Waals surface area contributed by atoms with Crippen molar-refractivity contribution in [3.8, 4) is 0 Å². The maximum atomic E-state index is 12.1. The van der Waals surface area contributed by atoms with Gasteiger partial charge in [0.05, 0.1) is 31.6 Å². The van der Waals surface area contributed by atoms with Crippen molar-refractivity contribution in [3.63, 3.8) is 0 Å². The number of anilines is 2. The molecule has 0 saturated carbocycles. The minimum Gasteiger partial charge on any atom is -0.378 e. The van der Waals surface area contributed by atoms with E-state index in [4.69, 9.17) is 4.74 Å². The highest BCUT2D eigenvalue weighted by Crippen LogP contribution is 2.16. The number of fused-ring (bicyclic) bond motifs is 1. The first-order valence-corrected chi connectivity index (χ1v) is 8.54. The van der Waals surface area contributed by atoms with E-state index in [0.717, 1.165) is 63.2 Å². The molecule has 0 aromatic carbocycles. The Bertz CT molecular complexity index is 737. The molecule has 1 fully saturated rings. The van der Waals surface area contributed by atoms with Gasteiger partial charge < -0.3 is 24.8 Å². The molecule has 0 bridgehead atoms. The third kappa shape index (κ3) is 3.55. The van der Waals surface area contributed by atoms with Gasteiger partial charge in [-0.25, -0.2) is 9.78 Å². The van der Waals surface area contributed by atoms with E-state index in [1.807, 2.05) is 12.1 Å². The highest BCUT2D eigenvalue weighted by molar-refractivity contribution is 5.89. The molecule has 0 atom stereocenters. The highest BCUT2D eigenvalue weighted by Gasteiger charge is 2.17. The molecule has 0 radical (unpaired) electrons. The van der Waals surface area contributed by atoms with Crippen molar-refractivity contribution in [2.24, 2.45) is 0 Å². The molecule has 2 aliphatic heterocycles. The maximum Gasteiger partial charge on any atom is 0.319 e. The summed E-state index contributed by atoms with van der Waals surface area (Å²) < 4.78 is 7.41. The first-order valence-electron chi connectivity index (χ1n) is 8.54. The summed E-state index contributed by atoms with van der Waals surface area (Å²) in [4.78, 5) is 18.6. The highest BCUT2D eigenvalue weighted by atomic mass is 16.5. The van der Waals surface area contributed by atoms with Crippen LogP contribution < -0.4 is 15.5 Å². The Kier molecular flexibility index (Phi) is 4.47. The summed E-state index contributed by atoms with van der Waals surface area (Å²) in [6, 6.07) is 3.48. The van der Waals surface area contributed by atoms with Crippen molar-refractivity contribution in [2.45, 2.75) is 25.9 Å². The molecule has 9 heteroatoms. The van der Waals surface area contributed by atoms with Gasteiger partial charge in [-0.05, 0) is 18.6 Å². The van der Waals surface area contributed by atoms with Gasteiger partial charge in [0.1, 0.15) is 11.6 Å². The quantitative estimate of drug-likeness (QED) is 0.851. The summed E-state index contributed by atoms with van der Waals surface area (Å²) in [5.41, 5.74) is 0.654. The minimum atomic E-state index is -0.281. The van der Waals surface area contributed by atoms with E-state index >= 15 is 0 Å². The second kappa shape index (κ2) is 7.06. The van der Waals surface area contributed by atoms with Crippen LogP contribution in [-0.4, -0.2) is 52.1 Å². The zero-order chi connectivity index (χ0) is 17.1. The Morgan fingerprint density at radius 3 is 2.88 bits per heavy atom. The number of carbonyl (C=O) groups excluding carboxylic acids is 1. The molecule has 2 aliphatic rings. The van der Waals surface area contributed by atoms with Gasteiger partial charge in [-0.1, -0.05) is 0 Å². The van der Waals surface area contributed by atoms with Crippen LogP contribution in [0.5, 0.6) is 0 Å². The second-order valence-corrected chi connectivity index (χ2v) is 6.10. The van der Waals surface area contributed by atoms with Gasteiger partial charge >= 0.3 is 6.03 Å². The number of morpholine rings is 1. The summed E-state index contributed by atoms with van der Waals surface area (Å²) in [5.74, 6) is 2.69. The molecule has 2 N–H and O–H groups in total. The fourth-order valence-corrected chi connectivity index (χ4v) is 3.12. The number of hydrogen-bond donors (Lipinski definition) is 2. The molecule has 0 unspecified atom stereocenters. The molecule has 2 amide bonds. The monoisotopic (exact) mass is 343 g/mol.